The fraction of sp³-hybridized carbons (Fsp3) is 0.235. The maximum Gasteiger partial charge on any atom is 0.256 e. The normalized spacial score (nSPS) is 13.9. The average Bonchev–Trinajstić information content (AvgIpc) is 3.08. The highest BCUT2D eigenvalue weighted by Gasteiger charge is 2.25. The first-order valence-electron chi connectivity index (χ1n) is 7.51. The van der Waals surface area contributed by atoms with Crippen LogP contribution in [0, 0.1) is 0 Å². The molecule has 0 saturated carbocycles. The van der Waals surface area contributed by atoms with Gasteiger partial charge in [0, 0.05) is 18.7 Å². The van der Waals surface area contributed by atoms with Crippen LogP contribution in [0.25, 0.3) is 11.0 Å². The number of nitrogens with one attached hydrogen (secondary N) is 1. The van der Waals surface area contributed by atoms with Crippen LogP contribution in [0.15, 0.2) is 36.4 Å². The molecule has 0 aliphatic carbocycles. The number of methoxy groups -OCH3 is 1. The number of carbonyl (C=O) groups excluding carboxylic acids is 1. The quantitative estimate of drug-likeness (QED) is 0.787. The SMILES string of the molecule is COc1cccc2c1CCN(C(=O)c1cccc3n[nH]nc13)C2. The molecule has 116 valence electrons. The fourth-order valence-corrected chi connectivity index (χ4v) is 3.15. The van der Waals surface area contributed by atoms with Gasteiger partial charge >= 0.3 is 0 Å². The van der Waals surface area contributed by atoms with Crippen LogP contribution < -0.4 is 4.74 Å². The number of aromatic amines is 1. The molecular formula is C17H16N4O2. The highest BCUT2D eigenvalue weighted by atomic mass is 16.5. The van der Waals surface area contributed by atoms with Gasteiger partial charge in [-0.25, -0.2) is 0 Å². The number of hydrogen-bond donors (Lipinski definition) is 1. The average molecular weight is 308 g/mol. The summed E-state index contributed by atoms with van der Waals surface area (Å²) in [6.07, 6.45) is 0.792. The number of nitrogens with zero attached hydrogens (tertiary/aromatic N) is 3. The number of aromatic nitrogens is 3. The van der Waals surface area contributed by atoms with Gasteiger partial charge in [-0.3, -0.25) is 4.79 Å². The number of para-hydroxylation sites is 1. The lowest BCUT2D eigenvalue weighted by Crippen LogP contribution is -2.36. The number of rotatable bonds is 2. The van der Waals surface area contributed by atoms with Crippen LogP contribution in [0.5, 0.6) is 5.75 Å². The Morgan fingerprint density at radius 3 is 2.96 bits per heavy atom. The maximum absolute atomic E-state index is 12.9. The Morgan fingerprint density at radius 2 is 2.09 bits per heavy atom. The van der Waals surface area contributed by atoms with Gasteiger partial charge in [-0.15, -0.1) is 0 Å². The molecule has 0 saturated heterocycles. The molecule has 2 heterocycles. The van der Waals surface area contributed by atoms with Gasteiger partial charge in [-0.1, -0.05) is 18.2 Å². The summed E-state index contributed by atoms with van der Waals surface area (Å²) >= 11 is 0. The summed E-state index contributed by atoms with van der Waals surface area (Å²) < 4.78 is 5.41. The third-order valence-corrected chi connectivity index (χ3v) is 4.31. The zero-order valence-corrected chi connectivity index (χ0v) is 12.7. The molecule has 0 unspecified atom stereocenters. The van der Waals surface area contributed by atoms with Gasteiger partial charge in [-0.05, 0) is 30.2 Å². The molecule has 2 aromatic carbocycles. The van der Waals surface area contributed by atoms with Gasteiger partial charge in [0.15, 0.2) is 0 Å². The third-order valence-electron chi connectivity index (χ3n) is 4.31. The van der Waals surface area contributed by atoms with E-state index in [1.54, 1.807) is 13.2 Å². The Kier molecular flexibility index (Phi) is 3.22. The Labute approximate surface area is 133 Å². The van der Waals surface area contributed by atoms with E-state index in [9.17, 15) is 4.79 Å². The predicted octanol–water partition coefficient (Wildman–Crippen LogP) is 2.17. The van der Waals surface area contributed by atoms with E-state index in [1.807, 2.05) is 35.2 Å². The fourth-order valence-electron chi connectivity index (χ4n) is 3.15. The number of hydrogen-bond acceptors (Lipinski definition) is 4. The molecule has 1 aliphatic rings. The monoisotopic (exact) mass is 308 g/mol. The molecule has 6 nitrogen and oxygen atoms in total. The molecule has 1 aromatic heterocycles. The molecule has 1 aliphatic heterocycles. The van der Waals surface area contributed by atoms with E-state index in [1.165, 1.54) is 5.56 Å². The van der Waals surface area contributed by atoms with Gasteiger partial charge < -0.3 is 9.64 Å². The van der Waals surface area contributed by atoms with E-state index >= 15 is 0 Å². The maximum atomic E-state index is 12.9. The molecule has 0 fully saturated rings. The minimum Gasteiger partial charge on any atom is -0.496 e. The van der Waals surface area contributed by atoms with Crippen LogP contribution in [0.3, 0.4) is 0 Å². The second-order valence-electron chi connectivity index (χ2n) is 5.57. The molecule has 0 spiro atoms. The minimum absolute atomic E-state index is 0.0158. The van der Waals surface area contributed by atoms with Crippen molar-refractivity contribution in [2.75, 3.05) is 13.7 Å². The number of amides is 1. The Hall–Kier alpha value is -2.89. The molecule has 3 aromatic rings. The van der Waals surface area contributed by atoms with E-state index in [4.69, 9.17) is 4.74 Å². The van der Waals surface area contributed by atoms with Crippen LogP contribution in [0.2, 0.25) is 0 Å². The zero-order chi connectivity index (χ0) is 15.8. The summed E-state index contributed by atoms with van der Waals surface area (Å²) in [4.78, 5) is 14.7. The smallest absolute Gasteiger partial charge is 0.256 e. The van der Waals surface area contributed by atoms with Crippen LogP contribution in [0.1, 0.15) is 21.5 Å². The number of H-pyrrole nitrogens is 1. The molecule has 4 rings (SSSR count). The van der Waals surface area contributed by atoms with Crippen molar-refractivity contribution in [2.45, 2.75) is 13.0 Å². The predicted molar refractivity (Wildman–Crippen MR) is 85.3 cm³/mol. The Bertz CT molecular complexity index is 887. The van der Waals surface area contributed by atoms with Gasteiger partial charge in [0.2, 0.25) is 0 Å². The zero-order valence-electron chi connectivity index (χ0n) is 12.7. The number of ether oxygens (including phenoxy) is 1. The lowest BCUT2D eigenvalue weighted by molar-refractivity contribution is 0.0735. The molecule has 0 bridgehead atoms. The van der Waals surface area contributed by atoms with Crippen molar-refractivity contribution >= 4 is 16.9 Å². The van der Waals surface area contributed by atoms with Gasteiger partial charge in [0.05, 0.1) is 12.7 Å². The molecule has 23 heavy (non-hydrogen) atoms. The first-order chi connectivity index (χ1) is 11.3. The minimum atomic E-state index is -0.0158. The lowest BCUT2D eigenvalue weighted by Gasteiger charge is -2.29. The topological polar surface area (TPSA) is 71.1 Å². The van der Waals surface area contributed by atoms with E-state index in [2.05, 4.69) is 15.4 Å². The summed E-state index contributed by atoms with van der Waals surface area (Å²) in [6, 6.07) is 11.4. The largest absolute Gasteiger partial charge is 0.496 e. The van der Waals surface area contributed by atoms with Gasteiger partial charge in [0.1, 0.15) is 16.8 Å². The number of carbonyl (C=O) groups is 1. The van der Waals surface area contributed by atoms with Crippen molar-refractivity contribution in [2.24, 2.45) is 0 Å². The van der Waals surface area contributed by atoms with Gasteiger partial charge in [0.25, 0.3) is 5.91 Å². The molecule has 0 radical (unpaired) electrons. The first-order valence-corrected chi connectivity index (χ1v) is 7.51. The van der Waals surface area contributed by atoms with Crippen molar-refractivity contribution in [3.05, 3.63) is 53.1 Å². The summed E-state index contributed by atoms with van der Waals surface area (Å²) in [6.45, 7) is 1.25. The van der Waals surface area contributed by atoms with Crippen LogP contribution in [-0.4, -0.2) is 39.9 Å². The summed E-state index contributed by atoms with van der Waals surface area (Å²) in [5, 5.41) is 10.7. The van der Waals surface area contributed by atoms with Crippen molar-refractivity contribution in [3.8, 4) is 5.75 Å². The molecule has 0 atom stereocenters. The summed E-state index contributed by atoms with van der Waals surface area (Å²) in [5.74, 6) is 0.881. The van der Waals surface area contributed by atoms with Gasteiger partial charge in [-0.2, -0.15) is 15.4 Å². The van der Waals surface area contributed by atoms with Crippen molar-refractivity contribution in [1.29, 1.82) is 0 Å². The van der Waals surface area contributed by atoms with E-state index in [-0.39, 0.29) is 5.91 Å². The molecule has 6 heteroatoms. The first kappa shape index (κ1) is 13.8. The highest BCUT2D eigenvalue weighted by Crippen LogP contribution is 2.29. The van der Waals surface area contributed by atoms with Crippen molar-refractivity contribution in [3.63, 3.8) is 0 Å². The van der Waals surface area contributed by atoms with Crippen LogP contribution in [0.4, 0.5) is 0 Å². The van der Waals surface area contributed by atoms with Crippen molar-refractivity contribution < 1.29 is 9.53 Å². The second-order valence-corrected chi connectivity index (χ2v) is 5.57. The molecule has 1 N–H and O–H groups in total. The number of fused-ring (bicyclic) bond motifs is 2. The lowest BCUT2D eigenvalue weighted by atomic mass is 9.98. The van der Waals surface area contributed by atoms with Crippen LogP contribution in [-0.2, 0) is 13.0 Å². The van der Waals surface area contributed by atoms with Crippen molar-refractivity contribution in [1.82, 2.24) is 20.3 Å². The number of benzene rings is 2. The van der Waals surface area contributed by atoms with E-state index < -0.39 is 0 Å². The summed E-state index contributed by atoms with van der Waals surface area (Å²) in [5.41, 5.74) is 4.24. The Morgan fingerprint density at radius 1 is 1.22 bits per heavy atom. The standard InChI is InChI=1S/C17H16N4O2/c1-23-15-7-2-4-11-10-21(9-8-12(11)15)17(22)13-5-3-6-14-16(13)19-20-18-14/h2-7H,8-10H2,1H3,(H,18,19,20). The molecule has 1 amide bonds. The highest BCUT2D eigenvalue weighted by molar-refractivity contribution is 6.04. The van der Waals surface area contributed by atoms with E-state index in [0.717, 1.165) is 17.7 Å². The Balaban J connectivity index is 1.67. The van der Waals surface area contributed by atoms with E-state index in [0.29, 0.717) is 29.7 Å². The third kappa shape index (κ3) is 2.23. The summed E-state index contributed by atoms with van der Waals surface area (Å²) in [7, 11) is 1.68. The molecular weight excluding hydrogens is 292 g/mol. The van der Waals surface area contributed by atoms with Crippen LogP contribution >= 0.6 is 0 Å². The second kappa shape index (κ2) is 5.39.